The second-order valence-electron chi connectivity index (χ2n) is 6.60. The van der Waals surface area contributed by atoms with E-state index in [-0.39, 0.29) is 16.8 Å². The highest BCUT2D eigenvalue weighted by atomic mass is 79.9. The largest absolute Gasteiger partial charge is 0.397 e. The zero-order valence-corrected chi connectivity index (χ0v) is 13.3. The average Bonchev–Trinajstić information content (AvgIpc) is 2.09. The van der Waals surface area contributed by atoms with Gasteiger partial charge in [-0.05, 0) is 47.7 Å². The first-order valence-electron chi connectivity index (χ1n) is 6.03. The molecule has 1 aromatic rings. The number of hydrogen-bond acceptors (Lipinski definition) is 2. The number of nitrogens with one attached hydrogen (secondary N) is 1. The van der Waals surface area contributed by atoms with Crippen molar-refractivity contribution < 1.29 is 4.39 Å². The third-order valence-corrected chi connectivity index (χ3v) is 3.15. The van der Waals surface area contributed by atoms with E-state index in [1.165, 1.54) is 6.07 Å². The normalized spacial score (nSPS) is 12.6. The van der Waals surface area contributed by atoms with Crippen LogP contribution in [0.15, 0.2) is 16.6 Å². The second-order valence-corrected chi connectivity index (χ2v) is 7.45. The summed E-state index contributed by atoms with van der Waals surface area (Å²) in [6, 6.07) is 3.02. The Morgan fingerprint density at radius 1 is 1.22 bits per heavy atom. The van der Waals surface area contributed by atoms with Gasteiger partial charge in [-0.1, -0.05) is 20.8 Å². The third kappa shape index (κ3) is 4.48. The van der Waals surface area contributed by atoms with E-state index < -0.39 is 0 Å². The summed E-state index contributed by atoms with van der Waals surface area (Å²) in [6.45, 7) is 10.8. The lowest BCUT2D eigenvalue weighted by Crippen LogP contribution is -2.35. The predicted molar refractivity (Wildman–Crippen MR) is 80.3 cm³/mol. The quantitative estimate of drug-likeness (QED) is 0.786. The van der Waals surface area contributed by atoms with E-state index in [1.54, 1.807) is 6.07 Å². The molecule has 4 heteroatoms. The molecule has 3 N–H and O–H groups in total. The lowest BCUT2D eigenvalue weighted by molar-refractivity contribution is 0.302. The maximum Gasteiger partial charge on any atom is 0.139 e. The van der Waals surface area contributed by atoms with Gasteiger partial charge in [-0.2, -0.15) is 0 Å². The van der Waals surface area contributed by atoms with Crippen molar-refractivity contribution >= 4 is 27.3 Å². The number of nitrogen functional groups attached to an aromatic ring is 1. The third-order valence-electron chi connectivity index (χ3n) is 2.54. The van der Waals surface area contributed by atoms with Crippen LogP contribution in [0.1, 0.15) is 41.0 Å². The fourth-order valence-corrected chi connectivity index (χ4v) is 2.75. The van der Waals surface area contributed by atoms with E-state index in [0.717, 1.165) is 12.1 Å². The second kappa shape index (κ2) is 5.08. The van der Waals surface area contributed by atoms with Crippen LogP contribution in [0.25, 0.3) is 0 Å². The summed E-state index contributed by atoms with van der Waals surface area (Å²) in [6.07, 6.45) is 0.981. The van der Waals surface area contributed by atoms with Crippen molar-refractivity contribution in [2.24, 2.45) is 5.41 Å². The van der Waals surface area contributed by atoms with Crippen LogP contribution in [-0.4, -0.2) is 5.54 Å². The fraction of sp³-hybridized carbons (Fsp3) is 0.571. The maximum atomic E-state index is 13.3. The van der Waals surface area contributed by atoms with Gasteiger partial charge in [0.2, 0.25) is 0 Å². The van der Waals surface area contributed by atoms with Gasteiger partial charge < -0.3 is 11.1 Å². The Bertz CT molecular complexity index is 436. The summed E-state index contributed by atoms with van der Waals surface area (Å²) in [7, 11) is 0. The van der Waals surface area contributed by atoms with Gasteiger partial charge in [-0.3, -0.25) is 0 Å². The Hall–Kier alpha value is -0.770. The van der Waals surface area contributed by atoms with Gasteiger partial charge in [0, 0.05) is 11.6 Å². The molecule has 0 aliphatic rings. The van der Waals surface area contributed by atoms with E-state index in [1.807, 2.05) is 0 Å². The molecule has 0 aliphatic heterocycles. The van der Waals surface area contributed by atoms with Gasteiger partial charge in [-0.15, -0.1) is 0 Å². The van der Waals surface area contributed by atoms with Crippen LogP contribution in [-0.2, 0) is 0 Å². The SMILES string of the molecule is CC(C)(C)CC(C)(C)Nc1cc(Br)c(F)cc1N. The first kappa shape index (κ1) is 15.3. The molecule has 1 aromatic carbocycles. The standard InChI is InChI=1S/C14H22BrFN2/c1-13(2,3)8-14(4,5)18-12-6-9(15)10(16)7-11(12)17/h6-7,18H,8,17H2,1-5H3. The van der Waals surface area contributed by atoms with E-state index >= 15 is 0 Å². The zero-order valence-electron chi connectivity index (χ0n) is 11.7. The minimum Gasteiger partial charge on any atom is -0.397 e. The van der Waals surface area contributed by atoms with Crippen LogP contribution >= 0.6 is 15.9 Å². The molecule has 0 spiro atoms. The average molecular weight is 317 g/mol. The minimum atomic E-state index is -0.341. The van der Waals surface area contributed by atoms with Crippen molar-refractivity contribution in [2.75, 3.05) is 11.1 Å². The van der Waals surface area contributed by atoms with Crippen LogP contribution in [0.4, 0.5) is 15.8 Å². The van der Waals surface area contributed by atoms with Crippen LogP contribution in [0.3, 0.4) is 0 Å². The molecule has 0 aromatic heterocycles. The lowest BCUT2D eigenvalue weighted by atomic mass is 9.81. The van der Waals surface area contributed by atoms with Gasteiger partial charge in [-0.25, -0.2) is 4.39 Å². The molecule has 0 bridgehead atoms. The van der Waals surface area contributed by atoms with Crippen molar-refractivity contribution in [3.05, 3.63) is 22.4 Å². The maximum absolute atomic E-state index is 13.3. The zero-order chi connectivity index (χ0) is 14.1. The molecule has 18 heavy (non-hydrogen) atoms. The van der Waals surface area contributed by atoms with Crippen molar-refractivity contribution in [3.8, 4) is 0 Å². The number of benzene rings is 1. The van der Waals surface area contributed by atoms with E-state index in [9.17, 15) is 4.39 Å². The first-order chi connectivity index (χ1) is 8.00. The number of nitrogens with two attached hydrogens (primary N) is 1. The highest BCUT2D eigenvalue weighted by Gasteiger charge is 2.26. The Morgan fingerprint density at radius 3 is 2.28 bits per heavy atom. The number of hydrogen-bond donors (Lipinski definition) is 2. The molecule has 0 amide bonds. The molecule has 0 fully saturated rings. The van der Waals surface area contributed by atoms with Gasteiger partial charge >= 0.3 is 0 Å². The van der Waals surface area contributed by atoms with Crippen LogP contribution in [0.2, 0.25) is 0 Å². The van der Waals surface area contributed by atoms with Crippen LogP contribution < -0.4 is 11.1 Å². The van der Waals surface area contributed by atoms with Gasteiger partial charge in [0.15, 0.2) is 0 Å². The number of halogens is 2. The molecule has 0 atom stereocenters. The Morgan fingerprint density at radius 2 is 1.78 bits per heavy atom. The van der Waals surface area contributed by atoms with E-state index in [0.29, 0.717) is 10.2 Å². The first-order valence-corrected chi connectivity index (χ1v) is 6.82. The topological polar surface area (TPSA) is 38.0 Å². The highest BCUT2D eigenvalue weighted by Crippen LogP contribution is 2.33. The molecule has 0 unspecified atom stereocenters. The number of rotatable bonds is 3. The summed E-state index contributed by atoms with van der Waals surface area (Å²) in [5, 5.41) is 3.39. The Kier molecular flexibility index (Phi) is 4.31. The van der Waals surface area contributed by atoms with Crippen LogP contribution in [0, 0.1) is 11.2 Å². The minimum absolute atomic E-state index is 0.108. The van der Waals surface area contributed by atoms with Crippen molar-refractivity contribution in [3.63, 3.8) is 0 Å². The van der Waals surface area contributed by atoms with E-state index in [4.69, 9.17) is 5.73 Å². The predicted octanol–water partition coefficient (Wildman–Crippen LogP) is 4.80. The van der Waals surface area contributed by atoms with Crippen molar-refractivity contribution in [1.29, 1.82) is 0 Å². The van der Waals surface area contributed by atoms with Crippen molar-refractivity contribution in [2.45, 2.75) is 46.6 Å². The Balaban J connectivity index is 2.94. The summed E-state index contributed by atoms with van der Waals surface area (Å²) in [5.41, 5.74) is 7.13. The van der Waals surface area contributed by atoms with Gasteiger partial charge in [0.1, 0.15) is 5.82 Å². The number of anilines is 2. The molecule has 102 valence electrons. The molecule has 0 radical (unpaired) electrons. The molecule has 1 rings (SSSR count). The van der Waals surface area contributed by atoms with Gasteiger partial charge in [0.25, 0.3) is 0 Å². The molecule has 2 nitrogen and oxygen atoms in total. The molecular weight excluding hydrogens is 295 g/mol. The van der Waals surface area contributed by atoms with Gasteiger partial charge in [0.05, 0.1) is 15.8 Å². The van der Waals surface area contributed by atoms with Crippen molar-refractivity contribution in [1.82, 2.24) is 0 Å². The van der Waals surface area contributed by atoms with E-state index in [2.05, 4.69) is 55.9 Å². The summed E-state index contributed by atoms with van der Waals surface area (Å²) in [4.78, 5) is 0. The molecule has 0 saturated carbocycles. The summed E-state index contributed by atoms with van der Waals surface area (Å²) in [5.74, 6) is -0.341. The molecular formula is C14H22BrFN2. The highest BCUT2D eigenvalue weighted by molar-refractivity contribution is 9.10. The summed E-state index contributed by atoms with van der Waals surface area (Å²) >= 11 is 3.18. The van der Waals surface area contributed by atoms with Crippen LogP contribution in [0.5, 0.6) is 0 Å². The molecule has 0 heterocycles. The smallest absolute Gasteiger partial charge is 0.139 e. The summed E-state index contributed by atoms with van der Waals surface area (Å²) < 4.78 is 13.7. The molecule has 0 aliphatic carbocycles. The monoisotopic (exact) mass is 316 g/mol. The molecule has 0 saturated heterocycles. The fourth-order valence-electron chi connectivity index (χ4n) is 2.41. The lowest BCUT2D eigenvalue weighted by Gasteiger charge is -2.34. The Labute approximate surface area is 117 Å².